The van der Waals surface area contributed by atoms with Crippen molar-refractivity contribution in [3.63, 3.8) is 0 Å². The number of hydrazine groups is 1. The van der Waals surface area contributed by atoms with Gasteiger partial charge in [0.25, 0.3) is 11.8 Å². The lowest BCUT2D eigenvalue weighted by Crippen LogP contribution is -2.41. The van der Waals surface area contributed by atoms with Crippen LogP contribution in [-0.4, -0.2) is 18.4 Å². The summed E-state index contributed by atoms with van der Waals surface area (Å²) in [5, 5.41) is 0. The van der Waals surface area contributed by atoms with Crippen molar-refractivity contribution >= 4 is 11.8 Å². The van der Waals surface area contributed by atoms with E-state index in [1.54, 1.807) is 24.3 Å². The van der Waals surface area contributed by atoms with Crippen molar-refractivity contribution in [1.82, 2.24) is 10.9 Å². The zero-order chi connectivity index (χ0) is 15.9. The van der Waals surface area contributed by atoms with Crippen LogP contribution in [-0.2, 0) is 0 Å². The van der Waals surface area contributed by atoms with Gasteiger partial charge < -0.3 is 4.74 Å². The van der Waals surface area contributed by atoms with E-state index in [-0.39, 0.29) is 5.56 Å². The molecule has 0 radical (unpaired) electrons. The number of amides is 2. The number of hydrogen-bond donors (Lipinski definition) is 2. The van der Waals surface area contributed by atoms with Crippen molar-refractivity contribution in [3.8, 4) is 5.75 Å². The van der Waals surface area contributed by atoms with E-state index in [0.29, 0.717) is 17.9 Å². The highest BCUT2D eigenvalue weighted by atomic mass is 19.1. The fourth-order valence-electron chi connectivity index (χ4n) is 1.79. The Morgan fingerprint density at radius 2 is 1.64 bits per heavy atom. The zero-order valence-electron chi connectivity index (χ0n) is 11.9. The lowest BCUT2D eigenvalue weighted by molar-refractivity contribution is 0.0844. The van der Waals surface area contributed by atoms with Gasteiger partial charge in [0.15, 0.2) is 0 Å². The number of ether oxygens (including phenoxy) is 1. The zero-order valence-corrected chi connectivity index (χ0v) is 11.9. The maximum absolute atomic E-state index is 12.8. The molecule has 2 amide bonds. The van der Waals surface area contributed by atoms with Crippen LogP contribution >= 0.6 is 0 Å². The van der Waals surface area contributed by atoms with Gasteiger partial charge in [0.1, 0.15) is 11.6 Å². The van der Waals surface area contributed by atoms with E-state index < -0.39 is 17.6 Å². The third kappa shape index (κ3) is 3.82. The molecule has 0 aliphatic rings. The molecule has 0 unspecified atom stereocenters. The first-order chi connectivity index (χ1) is 10.6. The number of halogens is 1. The monoisotopic (exact) mass is 302 g/mol. The molecule has 0 saturated carbocycles. The van der Waals surface area contributed by atoms with Crippen molar-refractivity contribution in [2.24, 2.45) is 0 Å². The summed E-state index contributed by atoms with van der Waals surface area (Å²) >= 11 is 0. The number of nitrogens with one attached hydrogen (secondary N) is 2. The van der Waals surface area contributed by atoms with E-state index in [1.165, 1.54) is 24.3 Å². The molecule has 0 aromatic heterocycles. The predicted octanol–water partition coefficient (Wildman–Crippen LogP) is 2.30. The largest absolute Gasteiger partial charge is 0.493 e. The molecule has 0 aliphatic carbocycles. The molecule has 0 bridgehead atoms. The lowest BCUT2D eigenvalue weighted by Gasteiger charge is -2.11. The van der Waals surface area contributed by atoms with Gasteiger partial charge in [-0.2, -0.15) is 0 Å². The van der Waals surface area contributed by atoms with Crippen LogP contribution in [0.3, 0.4) is 0 Å². The Hall–Kier alpha value is -2.89. The Morgan fingerprint density at radius 1 is 1.00 bits per heavy atom. The maximum Gasteiger partial charge on any atom is 0.273 e. The number of carbonyl (C=O) groups excluding carboxylic acids is 2. The molecule has 0 saturated heterocycles. The maximum atomic E-state index is 12.8. The summed E-state index contributed by atoms with van der Waals surface area (Å²) in [6.45, 7) is 2.23. The van der Waals surface area contributed by atoms with Crippen LogP contribution in [0.2, 0.25) is 0 Å². The molecule has 2 rings (SSSR count). The standard InChI is InChI=1S/C16H15FN2O3/c1-2-22-14-6-4-3-5-13(14)16(21)19-18-15(20)11-7-9-12(17)10-8-11/h3-10H,2H2,1H3,(H,18,20)(H,19,21). The van der Waals surface area contributed by atoms with Gasteiger partial charge in [-0.3, -0.25) is 20.4 Å². The molecular formula is C16H15FN2O3. The van der Waals surface area contributed by atoms with Crippen LogP contribution in [0.4, 0.5) is 4.39 Å². The van der Waals surface area contributed by atoms with Gasteiger partial charge in [0.05, 0.1) is 12.2 Å². The SMILES string of the molecule is CCOc1ccccc1C(=O)NNC(=O)c1ccc(F)cc1. The minimum atomic E-state index is -0.540. The summed E-state index contributed by atoms with van der Waals surface area (Å²) in [7, 11) is 0. The van der Waals surface area contributed by atoms with Gasteiger partial charge in [-0.15, -0.1) is 0 Å². The van der Waals surface area contributed by atoms with Gasteiger partial charge >= 0.3 is 0 Å². The topological polar surface area (TPSA) is 67.4 Å². The summed E-state index contributed by atoms with van der Waals surface area (Å²) in [6.07, 6.45) is 0. The summed E-state index contributed by atoms with van der Waals surface area (Å²) in [6, 6.07) is 11.7. The van der Waals surface area contributed by atoms with E-state index in [1.807, 2.05) is 6.92 Å². The first-order valence-corrected chi connectivity index (χ1v) is 6.70. The molecule has 22 heavy (non-hydrogen) atoms. The van der Waals surface area contributed by atoms with Crippen LogP contribution in [0, 0.1) is 5.82 Å². The fourth-order valence-corrected chi connectivity index (χ4v) is 1.79. The van der Waals surface area contributed by atoms with Crippen LogP contribution in [0.1, 0.15) is 27.6 Å². The molecule has 0 atom stereocenters. The molecule has 2 N–H and O–H groups in total. The van der Waals surface area contributed by atoms with E-state index in [4.69, 9.17) is 4.74 Å². The average molecular weight is 302 g/mol. The summed E-state index contributed by atoms with van der Waals surface area (Å²) in [4.78, 5) is 23.9. The molecule has 0 fully saturated rings. The van der Waals surface area contributed by atoms with Crippen LogP contribution in [0.5, 0.6) is 5.75 Å². The molecule has 6 heteroatoms. The van der Waals surface area contributed by atoms with Gasteiger partial charge in [-0.25, -0.2) is 4.39 Å². The Bertz CT molecular complexity index is 671. The molecule has 0 aliphatic heterocycles. The summed E-state index contributed by atoms with van der Waals surface area (Å²) in [5.41, 5.74) is 5.11. The van der Waals surface area contributed by atoms with Crippen molar-refractivity contribution in [3.05, 3.63) is 65.5 Å². The van der Waals surface area contributed by atoms with E-state index in [0.717, 1.165) is 0 Å². The highest BCUT2D eigenvalue weighted by Gasteiger charge is 2.13. The first kappa shape index (κ1) is 15.5. The lowest BCUT2D eigenvalue weighted by atomic mass is 10.2. The number of rotatable bonds is 4. The van der Waals surface area contributed by atoms with Crippen molar-refractivity contribution in [2.45, 2.75) is 6.92 Å². The highest BCUT2D eigenvalue weighted by molar-refractivity contribution is 6.00. The second-order valence-corrected chi connectivity index (χ2v) is 4.34. The molecule has 0 spiro atoms. The van der Waals surface area contributed by atoms with Gasteiger partial charge in [0.2, 0.25) is 0 Å². The third-order valence-corrected chi connectivity index (χ3v) is 2.83. The predicted molar refractivity (Wildman–Crippen MR) is 78.9 cm³/mol. The smallest absolute Gasteiger partial charge is 0.273 e. The second-order valence-electron chi connectivity index (χ2n) is 4.34. The molecule has 2 aromatic carbocycles. The number of hydrogen-bond acceptors (Lipinski definition) is 3. The Kier molecular flexibility index (Phi) is 5.08. The number of para-hydroxylation sites is 1. The van der Waals surface area contributed by atoms with E-state index in [9.17, 15) is 14.0 Å². The molecular weight excluding hydrogens is 287 g/mol. The van der Waals surface area contributed by atoms with Crippen LogP contribution in [0.15, 0.2) is 48.5 Å². The Balaban J connectivity index is 2.01. The average Bonchev–Trinajstić information content (AvgIpc) is 2.54. The second kappa shape index (κ2) is 7.21. The highest BCUT2D eigenvalue weighted by Crippen LogP contribution is 2.17. The number of benzene rings is 2. The third-order valence-electron chi connectivity index (χ3n) is 2.83. The van der Waals surface area contributed by atoms with Gasteiger partial charge in [-0.1, -0.05) is 12.1 Å². The van der Waals surface area contributed by atoms with E-state index in [2.05, 4.69) is 10.9 Å². The first-order valence-electron chi connectivity index (χ1n) is 6.70. The van der Waals surface area contributed by atoms with Gasteiger partial charge in [-0.05, 0) is 43.3 Å². The van der Waals surface area contributed by atoms with E-state index >= 15 is 0 Å². The van der Waals surface area contributed by atoms with Crippen molar-refractivity contribution in [1.29, 1.82) is 0 Å². The number of carbonyl (C=O) groups is 2. The van der Waals surface area contributed by atoms with Crippen molar-refractivity contribution in [2.75, 3.05) is 6.61 Å². The minimum Gasteiger partial charge on any atom is -0.493 e. The summed E-state index contributed by atoms with van der Waals surface area (Å²) in [5.74, 6) is -1.05. The minimum absolute atomic E-state index is 0.236. The fraction of sp³-hybridized carbons (Fsp3) is 0.125. The summed E-state index contributed by atoms with van der Waals surface area (Å²) < 4.78 is 18.1. The van der Waals surface area contributed by atoms with Gasteiger partial charge in [0, 0.05) is 5.56 Å². The Labute approximate surface area is 127 Å². The molecule has 2 aromatic rings. The normalized spacial score (nSPS) is 9.91. The Morgan fingerprint density at radius 3 is 2.32 bits per heavy atom. The molecule has 114 valence electrons. The van der Waals surface area contributed by atoms with Crippen molar-refractivity contribution < 1.29 is 18.7 Å². The van der Waals surface area contributed by atoms with Crippen LogP contribution < -0.4 is 15.6 Å². The molecule has 5 nitrogen and oxygen atoms in total. The molecule has 0 heterocycles. The quantitative estimate of drug-likeness (QED) is 0.852. The van der Waals surface area contributed by atoms with Crippen LogP contribution in [0.25, 0.3) is 0 Å².